The van der Waals surface area contributed by atoms with Crippen LogP contribution in [0.3, 0.4) is 0 Å². The Morgan fingerprint density at radius 1 is 1.09 bits per heavy atom. The van der Waals surface area contributed by atoms with Gasteiger partial charge in [-0.25, -0.2) is 32.4 Å². The molecule has 3 heterocycles. The first kappa shape index (κ1) is 34.2. The number of phosphoric acid groups is 1. The first-order chi connectivity index (χ1) is 20.2. The molecule has 0 saturated carbocycles. The molecular weight excluding hydrogens is 610 g/mol. The van der Waals surface area contributed by atoms with Crippen molar-refractivity contribution in [3.8, 4) is 12.3 Å². The molecule has 5 atom stereocenters. The Balaban J connectivity index is 1.84. The molecule has 1 unspecified atom stereocenters. The van der Waals surface area contributed by atoms with Crippen LogP contribution >= 0.6 is 7.82 Å². The minimum absolute atomic E-state index is 0.568. The van der Waals surface area contributed by atoms with Gasteiger partial charge in [-0.15, -0.1) is 6.42 Å². The van der Waals surface area contributed by atoms with E-state index in [2.05, 4.69) is 15.4 Å². The van der Waals surface area contributed by atoms with E-state index in [1.807, 2.05) is 4.98 Å². The molecular formula is C23H30FN2O16P. The molecule has 3 rings (SSSR count). The van der Waals surface area contributed by atoms with Crippen molar-refractivity contribution in [1.82, 2.24) is 9.55 Å². The maximum absolute atomic E-state index is 16.5. The van der Waals surface area contributed by atoms with Gasteiger partial charge in [0.1, 0.15) is 6.61 Å². The monoisotopic (exact) mass is 640 g/mol. The van der Waals surface area contributed by atoms with Gasteiger partial charge in [0.2, 0.25) is 19.2 Å². The first-order valence-corrected chi connectivity index (χ1v) is 13.9. The summed E-state index contributed by atoms with van der Waals surface area (Å²) in [6.45, 7) is 1.05. The van der Waals surface area contributed by atoms with Crippen molar-refractivity contribution in [2.45, 2.75) is 70.2 Å². The number of methoxy groups -OCH3 is 1. The molecule has 0 aromatic carbocycles. The lowest BCUT2D eigenvalue weighted by Crippen LogP contribution is -2.49. The van der Waals surface area contributed by atoms with Crippen LogP contribution in [0.1, 0.15) is 33.9 Å². The average Bonchev–Trinajstić information content (AvgIpc) is 3.41. The zero-order valence-electron chi connectivity index (χ0n) is 23.5. The predicted molar refractivity (Wildman–Crippen MR) is 134 cm³/mol. The lowest BCUT2D eigenvalue weighted by molar-refractivity contribution is -0.297. The number of ether oxygens (including phenoxy) is 8. The van der Waals surface area contributed by atoms with Crippen molar-refractivity contribution in [2.24, 2.45) is 0 Å². The molecule has 0 spiro atoms. The van der Waals surface area contributed by atoms with Crippen molar-refractivity contribution in [1.29, 1.82) is 0 Å². The standard InChI is InChI=1S/C23H30FN2O16P/c1-7-22-16(40-21(32-6)42-22)23(24,41-17(22)26-9-8-15(27)25-18(26)28)10-35-43(31,36-11-33-19(29)38-13(2)3)37-12-34-20(30)39-14(4)5/h1,8-9,13-14,16-17,21H,10-12H2,2-6H3,(H,25,27,28)/t16-,17+,21?,22+,23+/m0/s1. The van der Waals surface area contributed by atoms with Gasteiger partial charge in [0, 0.05) is 19.4 Å². The smallest absolute Gasteiger partial charge is 0.432 e. The topological polar surface area (TPSA) is 208 Å². The first-order valence-electron chi connectivity index (χ1n) is 12.4. The number of nitrogens with zero attached hydrogens (tertiary/aromatic N) is 1. The fourth-order valence-corrected chi connectivity index (χ4v) is 4.61. The lowest BCUT2D eigenvalue weighted by Gasteiger charge is -2.27. The van der Waals surface area contributed by atoms with E-state index >= 15 is 4.39 Å². The van der Waals surface area contributed by atoms with E-state index in [9.17, 15) is 23.7 Å². The summed E-state index contributed by atoms with van der Waals surface area (Å²) in [5.74, 6) is -0.972. The lowest BCUT2D eigenvalue weighted by atomic mass is 9.94. The van der Waals surface area contributed by atoms with Gasteiger partial charge in [-0.05, 0) is 27.7 Å². The normalized spacial score (nSPS) is 26.6. The van der Waals surface area contributed by atoms with E-state index in [0.717, 1.165) is 23.9 Å². The summed E-state index contributed by atoms with van der Waals surface area (Å²) >= 11 is 0. The molecule has 20 heteroatoms. The number of aromatic amines is 1. The predicted octanol–water partition coefficient (Wildman–Crippen LogP) is 1.64. The Kier molecular flexibility index (Phi) is 11.1. The van der Waals surface area contributed by atoms with Gasteiger partial charge in [-0.1, -0.05) is 5.92 Å². The van der Waals surface area contributed by atoms with Crippen LogP contribution in [0.25, 0.3) is 0 Å². The molecule has 0 radical (unpaired) electrons. The largest absolute Gasteiger partial charge is 0.510 e. The number of rotatable bonds is 13. The summed E-state index contributed by atoms with van der Waals surface area (Å²) in [4.78, 5) is 49.4. The maximum atomic E-state index is 16.5. The van der Waals surface area contributed by atoms with Crippen molar-refractivity contribution in [3.05, 3.63) is 33.1 Å². The van der Waals surface area contributed by atoms with Gasteiger partial charge in [-0.3, -0.25) is 18.9 Å². The van der Waals surface area contributed by atoms with E-state index in [1.54, 1.807) is 0 Å². The number of phosphoric ester groups is 1. The highest BCUT2D eigenvalue weighted by Crippen LogP contribution is 2.56. The zero-order chi connectivity index (χ0) is 32.0. The van der Waals surface area contributed by atoms with Crippen molar-refractivity contribution in [3.63, 3.8) is 0 Å². The molecule has 2 aliphatic heterocycles. The number of carbonyl (C=O) groups is 2. The van der Waals surface area contributed by atoms with E-state index in [0.29, 0.717) is 0 Å². The summed E-state index contributed by atoms with van der Waals surface area (Å²) in [5.41, 5.74) is -4.01. The third-order valence-corrected chi connectivity index (χ3v) is 6.66. The van der Waals surface area contributed by atoms with Crippen LogP contribution in [0.5, 0.6) is 0 Å². The Morgan fingerprint density at radius 3 is 2.16 bits per heavy atom. The van der Waals surface area contributed by atoms with Crippen molar-refractivity contribution in [2.75, 3.05) is 27.3 Å². The number of hydrogen-bond acceptors (Lipinski definition) is 16. The number of nitrogens with one attached hydrogen (secondary N) is 1. The number of hydrogen-bond donors (Lipinski definition) is 1. The maximum Gasteiger partial charge on any atom is 0.510 e. The second-order valence-electron chi connectivity index (χ2n) is 9.21. The highest BCUT2D eigenvalue weighted by Gasteiger charge is 2.73. The SMILES string of the molecule is C#C[C@@]12OC(OC)O[C@@H]1[C@@](F)(COP(=O)(OCOC(=O)OC(C)C)OCOC(=O)OC(C)C)O[C@H]2n1ccc(=O)[nH]c1=O. The molecule has 0 amide bonds. The second kappa shape index (κ2) is 14.0. The Bertz CT molecular complexity index is 1330. The van der Waals surface area contributed by atoms with E-state index in [-0.39, 0.29) is 0 Å². The van der Waals surface area contributed by atoms with Crippen LogP contribution in [0.2, 0.25) is 0 Å². The van der Waals surface area contributed by atoms with Crippen molar-refractivity contribution >= 4 is 20.1 Å². The quantitative estimate of drug-likeness (QED) is 0.141. The zero-order valence-corrected chi connectivity index (χ0v) is 24.4. The number of carbonyl (C=O) groups excluding carboxylic acids is 2. The molecule has 0 aliphatic carbocycles. The average molecular weight is 640 g/mol. The number of alkyl halides is 1. The van der Waals surface area contributed by atoms with Crippen LogP contribution in [0, 0.1) is 12.3 Å². The number of halogens is 1. The van der Waals surface area contributed by atoms with Gasteiger partial charge in [0.25, 0.3) is 17.9 Å². The minimum Gasteiger partial charge on any atom is -0.432 e. The fraction of sp³-hybridized carbons (Fsp3) is 0.652. The van der Waals surface area contributed by atoms with Gasteiger partial charge in [0.05, 0.1) is 12.2 Å². The summed E-state index contributed by atoms with van der Waals surface area (Å²) in [5, 5.41) is 0. The Hall–Kier alpha value is -3.34. The number of H-pyrrole nitrogens is 1. The second-order valence-corrected chi connectivity index (χ2v) is 10.9. The summed E-state index contributed by atoms with van der Waals surface area (Å²) in [7, 11) is -3.82. The van der Waals surface area contributed by atoms with E-state index in [4.69, 9.17) is 48.4 Å². The van der Waals surface area contributed by atoms with E-state index < -0.39 is 94.0 Å². The van der Waals surface area contributed by atoms with E-state index in [1.165, 1.54) is 27.7 Å². The van der Waals surface area contributed by atoms with Gasteiger partial charge in [-0.2, -0.15) is 0 Å². The van der Waals surface area contributed by atoms with Crippen molar-refractivity contribution < 1.29 is 70.0 Å². The molecule has 1 N–H and O–H groups in total. The molecule has 240 valence electrons. The summed E-state index contributed by atoms with van der Waals surface area (Å²) in [6.07, 6.45) is -0.597. The van der Waals surface area contributed by atoms with Gasteiger partial charge >= 0.3 is 25.8 Å². The van der Waals surface area contributed by atoms with Gasteiger partial charge < -0.3 is 37.9 Å². The van der Waals surface area contributed by atoms with Crippen LogP contribution < -0.4 is 11.2 Å². The Labute approximate surface area is 243 Å². The summed E-state index contributed by atoms with van der Waals surface area (Å²) < 4.78 is 85.7. The molecule has 18 nitrogen and oxygen atoms in total. The third kappa shape index (κ3) is 8.19. The molecule has 0 bridgehead atoms. The molecule has 43 heavy (non-hydrogen) atoms. The highest BCUT2D eigenvalue weighted by atomic mass is 31.2. The van der Waals surface area contributed by atoms with Gasteiger partial charge in [0.15, 0.2) is 12.3 Å². The molecule has 2 saturated heterocycles. The third-order valence-electron chi connectivity index (χ3n) is 5.37. The Morgan fingerprint density at radius 2 is 1.67 bits per heavy atom. The number of aromatic nitrogens is 2. The van der Waals surface area contributed by atoms with Crippen LogP contribution in [-0.4, -0.2) is 85.4 Å². The molecule has 1 aromatic heterocycles. The molecule has 2 fully saturated rings. The van der Waals surface area contributed by atoms with Crippen LogP contribution in [-0.2, 0) is 56.0 Å². The molecule has 2 aliphatic rings. The minimum atomic E-state index is -4.97. The number of terminal acetylenes is 1. The fourth-order valence-electron chi connectivity index (χ4n) is 3.69. The van der Waals surface area contributed by atoms with Crippen LogP contribution in [0.15, 0.2) is 21.9 Å². The molecule has 1 aromatic rings. The highest BCUT2D eigenvalue weighted by molar-refractivity contribution is 7.48. The number of fused-ring (bicyclic) bond motifs is 1. The summed E-state index contributed by atoms with van der Waals surface area (Å²) in [6, 6.07) is 0.937. The van der Waals surface area contributed by atoms with Crippen LogP contribution in [0.4, 0.5) is 14.0 Å².